The zero-order chi connectivity index (χ0) is 21.7. The summed E-state index contributed by atoms with van der Waals surface area (Å²) in [6, 6.07) is 5.70. The third-order valence-electron chi connectivity index (χ3n) is 4.35. The van der Waals surface area contributed by atoms with Crippen LogP contribution in [-0.2, 0) is 23.1 Å². The molecule has 1 N–H and O–H groups in total. The topological polar surface area (TPSA) is 100 Å². The molecule has 0 unspecified atom stereocenters. The summed E-state index contributed by atoms with van der Waals surface area (Å²) in [6.07, 6.45) is 4.65. The molecule has 0 aliphatic carbocycles. The second-order valence-corrected chi connectivity index (χ2v) is 8.26. The van der Waals surface area contributed by atoms with Crippen LogP contribution in [0.25, 0.3) is 0 Å². The molecule has 3 rings (SSSR count). The van der Waals surface area contributed by atoms with Crippen molar-refractivity contribution in [2.75, 3.05) is 17.9 Å². The van der Waals surface area contributed by atoms with Crippen molar-refractivity contribution in [1.82, 2.24) is 19.6 Å². The van der Waals surface area contributed by atoms with Gasteiger partial charge in [0, 0.05) is 18.9 Å². The third-order valence-corrected chi connectivity index (χ3v) is 5.84. The second kappa shape index (κ2) is 9.21. The Bertz CT molecular complexity index is 1100. The Labute approximate surface area is 176 Å². The highest BCUT2D eigenvalue weighted by Gasteiger charge is 2.21. The highest BCUT2D eigenvalue weighted by molar-refractivity contribution is 7.92. The van der Waals surface area contributed by atoms with E-state index in [0.29, 0.717) is 49.2 Å². The van der Waals surface area contributed by atoms with E-state index in [1.54, 1.807) is 22.5 Å². The maximum Gasteiger partial charge on any atom is 0.265 e. The van der Waals surface area contributed by atoms with Gasteiger partial charge in [-0.1, -0.05) is 6.07 Å². The van der Waals surface area contributed by atoms with Gasteiger partial charge >= 0.3 is 0 Å². The fourth-order valence-corrected chi connectivity index (χ4v) is 4.24. The number of sulfonamides is 1. The molecular formula is C20H27N5O4S. The summed E-state index contributed by atoms with van der Waals surface area (Å²) in [7, 11) is -3.74. The molecule has 0 saturated carbocycles. The van der Waals surface area contributed by atoms with Crippen LogP contribution in [0.4, 0.5) is 5.69 Å². The van der Waals surface area contributed by atoms with Gasteiger partial charge in [0.2, 0.25) is 0 Å². The van der Waals surface area contributed by atoms with E-state index in [2.05, 4.69) is 14.9 Å². The number of aryl methyl sites for hydroxylation is 2. The van der Waals surface area contributed by atoms with E-state index in [4.69, 9.17) is 9.47 Å². The summed E-state index contributed by atoms with van der Waals surface area (Å²) >= 11 is 0. The van der Waals surface area contributed by atoms with Crippen molar-refractivity contribution in [1.29, 1.82) is 0 Å². The first-order valence-electron chi connectivity index (χ1n) is 9.84. The maximum atomic E-state index is 12.7. The summed E-state index contributed by atoms with van der Waals surface area (Å²) in [5, 5.41) is 8.46. The predicted octanol–water partition coefficient (Wildman–Crippen LogP) is 3.05. The molecule has 0 atom stereocenters. The van der Waals surface area contributed by atoms with Crippen LogP contribution in [0.3, 0.4) is 0 Å². The number of hydrogen-bond donors (Lipinski definition) is 1. The van der Waals surface area contributed by atoms with Crippen molar-refractivity contribution in [2.45, 2.75) is 45.7 Å². The lowest BCUT2D eigenvalue weighted by atomic mass is 10.2. The molecule has 9 nitrogen and oxygen atoms in total. The molecule has 0 aliphatic heterocycles. The first-order valence-corrected chi connectivity index (χ1v) is 11.3. The smallest absolute Gasteiger partial charge is 0.265 e. The first kappa shape index (κ1) is 21.7. The highest BCUT2D eigenvalue weighted by atomic mass is 32.2. The molecule has 1 aromatic carbocycles. The molecule has 0 amide bonds. The highest BCUT2D eigenvalue weighted by Crippen LogP contribution is 2.29. The van der Waals surface area contributed by atoms with Gasteiger partial charge < -0.3 is 9.47 Å². The third kappa shape index (κ3) is 4.93. The lowest BCUT2D eigenvalue weighted by Crippen LogP contribution is -2.13. The standard InChI is InChI=1S/C20H27N5O4S/c1-5-24-14-20(15(4)22-24)30(26,27)23-17-11-21-25(13-17)12-16-8-9-18(28-6-2)19(10-16)29-7-3/h8-11,13-14,23H,5-7,12H2,1-4H3. The molecule has 0 fully saturated rings. The van der Waals surface area contributed by atoms with Gasteiger partial charge in [0.15, 0.2) is 11.5 Å². The number of aromatic nitrogens is 4. The molecule has 0 bridgehead atoms. The Morgan fingerprint density at radius 2 is 1.77 bits per heavy atom. The summed E-state index contributed by atoms with van der Waals surface area (Å²) < 4.78 is 42.5. The molecular weight excluding hydrogens is 406 g/mol. The molecule has 162 valence electrons. The van der Waals surface area contributed by atoms with Gasteiger partial charge in [-0.15, -0.1) is 0 Å². The predicted molar refractivity (Wildman–Crippen MR) is 114 cm³/mol. The molecule has 2 heterocycles. The fraction of sp³-hybridized carbons (Fsp3) is 0.400. The van der Waals surface area contributed by atoms with Crippen molar-refractivity contribution in [3.63, 3.8) is 0 Å². The molecule has 2 aromatic heterocycles. The molecule has 0 spiro atoms. The average Bonchev–Trinajstić information content (AvgIpc) is 3.30. The van der Waals surface area contributed by atoms with E-state index in [0.717, 1.165) is 5.56 Å². The molecule has 0 aliphatic rings. The molecule has 0 radical (unpaired) electrons. The van der Waals surface area contributed by atoms with Crippen molar-refractivity contribution in [3.05, 3.63) is 48.0 Å². The van der Waals surface area contributed by atoms with Gasteiger partial charge in [0.1, 0.15) is 4.90 Å². The summed E-state index contributed by atoms with van der Waals surface area (Å²) in [6.45, 7) is 9.56. The molecule has 3 aromatic rings. The van der Waals surface area contributed by atoms with Crippen LogP contribution in [0.1, 0.15) is 32.0 Å². The molecule has 30 heavy (non-hydrogen) atoms. The lowest BCUT2D eigenvalue weighted by molar-refractivity contribution is 0.287. The minimum absolute atomic E-state index is 0.157. The zero-order valence-electron chi connectivity index (χ0n) is 17.6. The summed E-state index contributed by atoms with van der Waals surface area (Å²) in [5.41, 5.74) is 1.80. The van der Waals surface area contributed by atoms with Crippen molar-refractivity contribution < 1.29 is 17.9 Å². The number of benzene rings is 1. The van der Waals surface area contributed by atoms with Crippen LogP contribution in [-0.4, -0.2) is 41.2 Å². The van der Waals surface area contributed by atoms with Gasteiger partial charge in [-0.25, -0.2) is 8.42 Å². The van der Waals surface area contributed by atoms with Crippen LogP contribution >= 0.6 is 0 Å². The van der Waals surface area contributed by atoms with Gasteiger partial charge in [0.25, 0.3) is 10.0 Å². The molecule has 10 heteroatoms. The van der Waals surface area contributed by atoms with Crippen LogP contribution in [0.2, 0.25) is 0 Å². The van der Waals surface area contributed by atoms with Crippen LogP contribution < -0.4 is 14.2 Å². The number of ether oxygens (including phenoxy) is 2. The van der Waals surface area contributed by atoms with E-state index in [1.165, 1.54) is 12.4 Å². The van der Waals surface area contributed by atoms with Crippen molar-refractivity contribution >= 4 is 15.7 Å². The molecule has 0 saturated heterocycles. The normalized spacial score (nSPS) is 11.5. The zero-order valence-corrected chi connectivity index (χ0v) is 18.4. The van der Waals surface area contributed by atoms with Gasteiger partial charge in [0.05, 0.1) is 37.3 Å². The van der Waals surface area contributed by atoms with Gasteiger partial charge in [-0.3, -0.25) is 14.1 Å². The minimum Gasteiger partial charge on any atom is -0.490 e. The van der Waals surface area contributed by atoms with E-state index in [1.807, 2.05) is 39.0 Å². The quantitative estimate of drug-likeness (QED) is 0.527. The minimum atomic E-state index is -3.74. The van der Waals surface area contributed by atoms with Gasteiger partial charge in [-0.05, 0) is 45.4 Å². The Morgan fingerprint density at radius 1 is 1.03 bits per heavy atom. The van der Waals surface area contributed by atoms with Crippen LogP contribution in [0.5, 0.6) is 11.5 Å². The SMILES string of the molecule is CCOc1ccc(Cn2cc(NS(=O)(=O)c3cn(CC)nc3C)cn2)cc1OCC. The van der Waals surface area contributed by atoms with Crippen LogP contribution in [0.15, 0.2) is 41.7 Å². The Morgan fingerprint density at radius 3 is 2.43 bits per heavy atom. The number of nitrogens with zero attached hydrogens (tertiary/aromatic N) is 4. The van der Waals surface area contributed by atoms with Crippen molar-refractivity contribution in [3.8, 4) is 11.5 Å². The summed E-state index contributed by atoms with van der Waals surface area (Å²) in [5.74, 6) is 1.37. The first-order chi connectivity index (χ1) is 14.4. The van der Waals surface area contributed by atoms with Gasteiger partial charge in [-0.2, -0.15) is 10.2 Å². The lowest BCUT2D eigenvalue weighted by Gasteiger charge is -2.12. The van der Waals surface area contributed by atoms with Crippen molar-refractivity contribution in [2.24, 2.45) is 0 Å². The Balaban J connectivity index is 1.75. The van der Waals surface area contributed by atoms with E-state index in [-0.39, 0.29) is 4.90 Å². The number of nitrogens with one attached hydrogen (secondary N) is 1. The second-order valence-electron chi connectivity index (χ2n) is 6.61. The number of anilines is 1. The Kier molecular flexibility index (Phi) is 6.66. The largest absolute Gasteiger partial charge is 0.490 e. The fourth-order valence-electron chi connectivity index (χ4n) is 3.02. The summed E-state index contributed by atoms with van der Waals surface area (Å²) in [4.78, 5) is 0.157. The van der Waals surface area contributed by atoms with E-state index >= 15 is 0 Å². The number of rotatable bonds is 10. The number of hydrogen-bond acceptors (Lipinski definition) is 6. The van der Waals surface area contributed by atoms with Crippen LogP contribution in [0, 0.1) is 6.92 Å². The van der Waals surface area contributed by atoms with E-state index < -0.39 is 10.0 Å². The average molecular weight is 434 g/mol. The van der Waals surface area contributed by atoms with E-state index in [9.17, 15) is 8.42 Å². The maximum absolute atomic E-state index is 12.7. The Hall–Kier alpha value is -3.01. The monoisotopic (exact) mass is 433 g/mol.